The zero-order chi connectivity index (χ0) is 15.1. The fourth-order valence-electron chi connectivity index (χ4n) is 1.77. The van der Waals surface area contributed by atoms with Gasteiger partial charge < -0.3 is 14.8 Å². The van der Waals surface area contributed by atoms with E-state index in [2.05, 4.69) is 21.2 Å². The van der Waals surface area contributed by atoms with E-state index in [1.165, 1.54) is 0 Å². The van der Waals surface area contributed by atoms with Crippen LogP contribution in [-0.4, -0.2) is 20.3 Å². The molecule has 0 fully saturated rings. The van der Waals surface area contributed by atoms with Gasteiger partial charge in [-0.05, 0) is 42.0 Å². The summed E-state index contributed by atoms with van der Waals surface area (Å²) < 4.78 is 11.8. The Labute approximate surface area is 138 Å². The topological polar surface area (TPSA) is 30.5 Å². The van der Waals surface area contributed by atoms with Crippen LogP contribution in [0.5, 0.6) is 11.5 Å². The van der Waals surface area contributed by atoms with Gasteiger partial charge in [0.1, 0.15) is 11.5 Å². The highest BCUT2D eigenvalue weighted by atomic mass is 79.9. The molecule has 0 heterocycles. The molecule has 2 rings (SSSR count). The first-order valence-corrected chi connectivity index (χ1v) is 7.77. The molecule has 0 bridgehead atoms. The van der Waals surface area contributed by atoms with Gasteiger partial charge in [-0.2, -0.15) is 0 Å². The van der Waals surface area contributed by atoms with Crippen LogP contribution < -0.4 is 10.1 Å². The van der Waals surface area contributed by atoms with E-state index < -0.39 is 0 Å². The molecule has 3 nitrogen and oxygen atoms in total. The standard InChI is InChI=1S/C16H17BrClNO2/c1-20-9-8-19-11-12-2-7-16(15(18)10-12)21-14-5-3-13(17)4-6-14/h2-7,10,19H,8-9,11H2,1H3. The smallest absolute Gasteiger partial charge is 0.146 e. The summed E-state index contributed by atoms with van der Waals surface area (Å²) in [6.45, 7) is 2.26. The van der Waals surface area contributed by atoms with Crippen molar-refractivity contribution in [2.75, 3.05) is 20.3 Å². The van der Waals surface area contributed by atoms with Gasteiger partial charge in [0.05, 0.1) is 11.6 Å². The van der Waals surface area contributed by atoms with Crippen molar-refractivity contribution >= 4 is 27.5 Å². The summed E-state index contributed by atoms with van der Waals surface area (Å²) in [5.41, 5.74) is 1.11. The third-order valence-electron chi connectivity index (χ3n) is 2.85. The maximum Gasteiger partial charge on any atom is 0.146 e. The van der Waals surface area contributed by atoms with Crippen LogP contribution in [0.3, 0.4) is 0 Å². The lowest BCUT2D eigenvalue weighted by Gasteiger charge is -2.10. The van der Waals surface area contributed by atoms with E-state index in [9.17, 15) is 0 Å². The monoisotopic (exact) mass is 369 g/mol. The van der Waals surface area contributed by atoms with Gasteiger partial charge in [0.25, 0.3) is 0 Å². The van der Waals surface area contributed by atoms with Crippen molar-refractivity contribution in [3.63, 3.8) is 0 Å². The summed E-state index contributed by atoms with van der Waals surface area (Å²) in [4.78, 5) is 0. The van der Waals surface area contributed by atoms with Crippen molar-refractivity contribution in [2.24, 2.45) is 0 Å². The highest BCUT2D eigenvalue weighted by Gasteiger charge is 2.05. The quantitative estimate of drug-likeness (QED) is 0.721. The predicted octanol–water partition coefficient (Wildman–Crippen LogP) is 4.63. The summed E-state index contributed by atoms with van der Waals surface area (Å²) >= 11 is 9.66. The van der Waals surface area contributed by atoms with E-state index >= 15 is 0 Å². The van der Waals surface area contributed by atoms with Crippen LogP contribution in [-0.2, 0) is 11.3 Å². The molecule has 0 saturated heterocycles. The van der Waals surface area contributed by atoms with Gasteiger partial charge in [-0.15, -0.1) is 0 Å². The fourth-order valence-corrected chi connectivity index (χ4v) is 2.28. The van der Waals surface area contributed by atoms with Crippen molar-refractivity contribution in [3.8, 4) is 11.5 Å². The van der Waals surface area contributed by atoms with Crippen LogP contribution >= 0.6 is 27.5 Å². The molecule has 2 aromatic rings. The van der Waals surface area contributed by atoms with Crippen molar-refractivity contribution in [1.29, 1.82) is 0 Å². The minimum Gasteiger partial charge on any atom is -0.456 e. The van der Waals surface area contributed by atoms with Gasteiger partial charge in [-0.25, -0.2) is 0 Å². The van der Waals surface area contributed by atoms with E-state index in [4.69, 9.17) is 21.1 Å². The van der Waals surface area contributed by atoms with Crippen LogP contribution in [0.25, 0.3) is 0 Å². The average Bonchev–Trinajstić information content (AvgIpc) is 2.48. The van der Waals surface area contributed by atoms with Crippen LogP contribution in [0.2, 0.25) is 5.02 Å². The summed E-state index contributed by atoms with van der Waals surface area (Å²) in [5.74, 6) is 1.41. The molecule has 0 radical (unpaired) electrons. The first-order chi connectivity index (χ1) is 10.2. The molecular weight excluding hydrogens is 354 g/mol. The Kier molecular flexibility index (Phi) is 6.51. The summed E-state index contributed by atoms with van der Waals surface area (Å²) in [7, 11) is 1.69. The van der Waals surface area contributed by atoms with Crippen LogP contribution in [0, 0.1) is 0 Å². The number of hydrogen-bond acceptors (Lipinski definition) is 3. The molecule has 0 aliphatic rings. The molecule has 0 aliphatic heterocycles. The molecule has 1 N–H and O–H groups in total. The Hall–Kier alpha value is -1.07. The number of halogens is 2. The maximum atomic E-state index is 6.26. The van der Waals surface area contributed by atoms with Crippen molar-refractivity contribution in [2.45, 2.75) is 6.54 Å². The van der Waals surface area contributed by atoms with Crippen molar-refractivity contribution < 1.29 is 9.47 Å². The Morgan fingerprint density at radius 3 is 2.57 bits per heavy atom. The molecule has 0 amide bonds. The van der Waals surface area contributed by atoms with E-state index in [-0.39, 0.29) is 0 Å². The number of nitrogens with one attached hydrogen (secondary N) is 1. The first kappa shape index (κ1) is 16.3. The zero-order valence-electron chi connectivity index (χ0n) is 11.7. The van der Waals surface area contributed by atoms with Crippen molar-refractivity contribution in [1.82, 2.24) is 5.32 Å². The van der Waals surface area contributed by atoms with E-state index in [1.54, 1.807) is 7.11 Å². The third kappa shape index (κ3) is 5.32. The summed E-state index contributed by atoms with van der Waals surface area (Å²) in [6, 6.07) is 13.4. The van der Waals surface area contributed by atoms with Crippen LogP contribution in [0.4, 0.5) is 0 Å². The van der Waals surface area contributed by atoms with E-state index in [0.29, 0.717) is 17.4 Å². The molecule has 0 unspecified atom stereocenters. The van der Waals surface area contributed by atoms with Crippen LogP contribution in [0.1, 0.15) is 5.56 Å². The minimum atomic E-state index is 0.601. The highest BCUT2D eigenvalue weighted by Crippen LogP contribution is 2.30. The number of methoxy groups -OCH3 is 1. The molecule has 0 spiro atoms. The average molecular weight is 371 g/mol. The molecule has 112 valence electrons. The Morgan fingerprint density at radius 2 is 1.90 bits per heavy atom. The minimum absolute atomic E-state index is 0.601. The largest absolute Gasteiger partial charge is 0.456 e. The molecule has 5 heteroatoms. The third-order valence-corrected chi connectivity index (χ3v) is 3.67. The number of benzene rings is 2. The molecule has 0 aliphatic carbocycles. The number of ether oxygens (including phenoxy) is 2. The van der Waals surface area contributed by atoms with Crippen molar-refractivity contribution in [3.05, 3.63) is 57.5 Å². The van der Waals surface area contributed by atoms with Gasteiger partial charge in [-0.1, -0.05) is 33.6 Å². The maximum absolute atomic E-state index is 6.26. The van der Waals surface area contributed by atoms with Crippen LogP contribution in [0.15, 0.2) is 46.9 Å². The molecule has 0 saturated carbocycles. The lowest BCUT2D eigenvalue weighted by Crippen LogP contribution is -2.18. The van der Waals surface area contributed by atoms with E-state index in [1.807, 2.05) is 42.5 Å². The van der Waals surface area contributed by atoms with Gasteiger partial charge in [0.15, 0.2) is 0 Å². The van der Waals surface area contributed by atoms with E-state index in [0.717, 1.165) is 28.9 Å². The fraction of sp³-hybridized carbons (Fsp3) is 0.250. The molecule has 0 aromatic heterocycles. The zero-order valence-corrected chi connectivity index (χ0v) is 14.1. The second-order valence-corrected chi connectivity index (χ2v) is 5.81. The molecule has 21 heavy (non-hydrogen) atoms. The SMILES string of the molecule is COCCNCc1ccc(Oc2ccc(Br)cc2)c(Cl)c1. The van der Waals surface area contributed by atoms with Gasteiger partial charge >= 0.3 is 0 Å². The summed E-state index contributed by atoms with van der Waals surface area (Å²) in [5, 5.41) is 3.88. The summed E-state index contributed by atoms with van der Waals surface area (Å²) in [6.07, 6.45) is 0. The Bertz CT molecular complexity index is 575. The van der Waals surface area contributed by atoms with Gasteiger partial charge in [0, 0.05) is 24.7 Å². The second-order valence-electron chi connectivity index (χ2n) is 4.49. The van der Waals surface area contributed by atoms with Gasteiger partial charge in [-0.3, -0.25) is 0 Å². The number of rotatable bonds is 7. The molecule has 0 atom stereocenters. The second kappa shape index (κ2) is 8.39. The Balaban J connectivity index is 1.97. The number of hydrogen-bond donors (Lipinski definition) is 1. The predicted molar refractivity (Wildman–Crippen MR) is 89.3 cm³/mol. The van der Waals surface area contributed by atoms with Gasteiger partial charge in [0.2, 0.25) is 0 Å². The normalized spacial score (nSPS) is 10.6. The Morgan fingerprint density at radius 1 is 1.14 bits per heavy atom. The first-order valence-electron chi connectivity index (χ1n) is 6.60. The molecule has 2 aromatic carbocycles. The lowest BCUT2D eigenvalue weighted by atomic mass is 10.2. The highest BCUT2D eigenvalue weighted by molar-refractivity contribution is 9.10. The lowest BCUT2D eigenvalue weighted by molar-refractivity contribution is 0.199. The molecular formula is C16H17BrClNO2.